The summed E-state index contributed by atoms with van der Waals surface area (Å²) in [4.78, 5) is 11.9. The number of carbonyl (C=O) groups excluding carboxylic acids is 1. The molecule has 0 radical (unpaired) electrons. The summed E-state index contributed by atoms with van der Waals surface area (Å²) in [7, 11) is 0. The molecule has 3 nitrogen and oxygen atoms in total. The van der Waals surface area contributed by atoms with E-state index in [1.807, 2.05) is 0 Å². The largest absolute Gasteiger partial charge is 0.472 e. The molecule has 0 atom stereocenters. The summed E-state index contributed by atoms with van der Waals surface area (Å²) in [5, 5.41) is 2.42. The average molecular weight is 348 g/mol. The maximum absolute atomic E-state index is 12.9. The lowest BCUT2D eigenvalue weighted by atomic mass is 10.1. The molecule has 0 aliphatic rings. The first-order valence-electron chi connectivity index (χ1n) is 5.54. The van der Waals surface area contributed by atoms with Gasteiger partial charge in [0.1, 0.15) is 0 Å². The van der Waals surface area contributed by atoms with Crippen molar-refractivity contribution in [1.29, 1.82) is 0 Å². The first-order valence-corrected chi connectivity index (χ1v) is 6.33. The maximum atomic E-state index is 12.9. The van der Waals surface area contributed by atoms with Crippen molar-refractivity contribution in [3.05, 3.63) is 58.0 Å². The van der Waals surface area contributed by atoms with Gasteiger partial charge in [0.05, 0.1) is 23.7 Å². The van der Waals surface area contributed by atoms with Gasteiger partial charge in [-0.3, -0.25) is 4.79 Å². The van der Waals surface area contributed by atoms with Crippen LogP contribution >= 0.6 is 15.9 Å². The van der Waals surface area contributed by atoms with Crippen LogP contribution in [0.25, 0.3) is 0 Å². The molecule has 1 aromatic heterocycles. The Balaban J connectivity index is 2.21. The Morgan fingerprint density at radius 1 is 1.30 bits per heavy atom. The highest BCUT2D eigenvalue weighted by Gasteiger charge is 2.35. The summed E-state index contributed by atoms with van der Waals surface area (Å²) < 4.78 is 43.7. The summed E-state index contributed by atoms with van der Waals surface area (Å²) in [5.41, 5.74) is -0.718. The molecule has 0 bridgehead atoms. The first-order chi connectivity index (χ1) is 9.38. The van der Waals surface area contributed by atoms with Crippen LogP contribution < -0.4 is 5.32 Å². The van der Waals surface area contributed by atoms with Crippen molar-refractivity contribution in [2.24, 2.45) is 0 Å². The second-order valence-electron chi connectivity index (χ2n) is 4.00. The number of hydrogen-bond acceptors (Lipinski definition) is 2. The minimum Gasteiger partial charge on any atom is -0.472 e. The molecule has 0 spiro atoms. The monoisotopic (exact) mass is 347 g/mol. The molecule has 0 aliphatic carbocycles. The van der Waals surface area contributed by atoms with E-state index in [2.05, 4.69) is 21.2 Å². The highest BCUT2D eigenvalue weighted by Crippen LogP contribution is 2.33. The van der Waals surface area contributed by atoms with Gasteiger partial charge in [-0.2, -0.15) is 13.2 Å². The Labute approximate surface area is 120 Å². The van der Waals surface area contributed by atoms with Crippen LogP contribution in [0.4, 0.5) is 13.2 Å². The highest BCUT2D eigenvalue weighted by molar-refractivity contribution is 9.10. The zero-order valence-electron chi connectivity index (χ0n) is 10.00. The molecular formula is C13H9BrF3NO2. The third-order valence-corrected chi connectivity index (χ3v) is 3.06. The molecule has 1 aromatic carbocycles. The molecule has 20 heavy (non-hydrogen) atoms. The van der Waals surface area contributed by atoms with Gasteiger partial charge in [-0.15, -0.1) is 0 Å². The van der Waals surface area contributed by atoms with Crippen molar-refractivity contribution in [3.63, 3.8) is 0 Å². The number of amides is 1. The van der Waals surface area contributed by atoms with Crippen molar-refractivity contribution in [3.8, 4) is 0 Å². The SMILES string of the molecule is O=C(NCc1ccoc1)c1ccc(Br)cc1C(F)(F)F. The predicted octanol–water partition coefficient (Wildman–Crippen LogP) is 3.99. The summed E-state index contributed by atoms with van der Waals surface area (Å²) in [6.07, 6.45) is -1.76. The van der Waals surface area contributed by atoms with Crippen LogP contribution in [-0.2, 0) is 12.7 Å². The molecule has 1 N–H and O–H groups in total. The van der Waals surface area contributed by atoms with E-state index in [0.717, 1.165) is 12.1 Å². The van der Waals surface area contributed by atoms with Crippen LogP contribution in [0.15, 0.2) is 45.7 Å². The summed E-state index contributed by atoms with van der Waals surface area (Å²) in [6.45, 7) is 0.0999. The zero-order chi connectivity index (χ0) is 14.8. The quantitative estimate of drug-likeness (QED) is 0.911. The van der Waals surface area contributed by atoms with Crippen molar-refractivity contribution >= 4 is 21.8 Å². The maximum Gasteiger partial charge on any atom is 0.417 e. The number of nitrogens with one attached hydrogen (secondary N) is 1. The van der Waals surface area contributed by atoms with E-state index < -0.39 is 23.2 Å². The van der Waals surface area contributed by atoms with Gasteiger partial charge < -0.3 is 9.73 Å². The Hall–Kier alpha value is -1.76. The molecule has 2 aromatic rings. The van der Waals surface area contributed by atoms with Crippen molar-refractivity contribution in [2.75, 3.05) is 0 Å². The van der Waals surface area contributed by atoms with Gasteiger partial charge in [0.2, 0.25) is 0 Å². The van der Waals surface area contributed by atoms with E-state index in [1.165, 1.54) is 18.6 Å². The highest BCUT2D eigenvalue weighted by atomic mass is 79.9. The van der Waals surface area contributed by atoms with Crippen molar-refractivity contribution in [2.45, 2.75) is 12.7 Å². The van der Waals surface area contributed by atoms with Gasteiger partial charge in [-0.1, -0.05) is 15.9 Å². The fraction of sp³-hybridized carbons (Fsp3) is 0.154. The number of hydrogen-bond donors (Lipinski definition) is 1. The van der Waals surface area contributed by atoms with Gasteiger partial charge in [0.15, 0.2) is 0 Å². The second-order valence-corrected chi connectivity index (χ2v) is 4.92. The van der Waals surface area contributed by atoms with Crippen LogP contribution in [0, 0.1) is 0 Å². The predicted molar refractivity (Wildman–Crippen MR) is 69.0 cm³/mol. The van der Waals surface area contributed by atoms with Gasteiger partial charge >= 0.3 is 6.18 Å². The van der Waals surface area contributed by atoms with Crippen molar-refractivity contribution in [1.82, 2.24) is 5.32 Å². The van der Waals surface area contributed by atoms with Crippen LogP contribution in [0.2, 0.25) is 0 Å². The molecule has 2 rings (SSSR count). The van der Waals surface area contributed by atoms with E-state index >= 15 is 0 Å². The molecule has 0 fully saturated rings. The molecule has 0 saturated heterocycles. The smallest absolute Gasteiger partial charge is 0.417 e. The van der Waals surface area contributed by atoms with Crippen molar-refractivity contribution < 1.29 is 22.4 Å². The fourth-order valence-electron chi connectivity index (χ4n) is 1.62. The topological polar surface area (TPSA) is 42.2 Å². The van der Waals surface area contributed by atoms with Crippen LogP contribution in [0.3, 0.4) is 0 Å². The number of carbonyl (C=O) groups is 1. The lowest BCUT2D eigenvalue weighted by molar-refractivity contribution is -0.138. The minimum atomic E-state index is -4.59. The Kier molecular flexibility index (Phi) is 4.17. The average Bonchev–Trinajstić information content (AvgIpc) is 2.88. The summed E-state index contributed by atoms with van der Waals surface area (Å²) in [5.74, 6) is -0.786. The van der Waals surface area contributed by atoms with Crippen LogP contribution in [-0.4, -0.2) is 5.91 Å². The lowest BCUT2D eigenvalue weighted by Crippen LogP contribution is -2.25. The normalized spacial score (nSPS) is 11.4. The fourth-order valence-corrected chi connectivity index (χ4v) is 1.98. The molecular weight excluding hydrogens is 339 g/mol. The Morgan fingerprint density at radius 2 is 2.05 bits per heavy atom. The lowest BCUT2D eigenvalue weighted by Gasteiger charge is -2.13. The molecule has 1 amide bonds. The third kappa shape index (κ3) is 3.41. The minimum absolute atomic E-state index is 0.0999. The molecule has 0 unspecified atom stereocenters. The standard InChI is InChI=1S/C13H9BrF3NO2/c14-9-1-2-10(11(5-9)13(15,16)17)12(19)18-6-8-3-4-20-7-8/h1-5,7H,6H2,(H,18,19). The third-order valence-electron chi connectivity index (χ3n) is 2.56. The molecule has 106 valence electrons. The second kappa shape index (κ2) is 5.70. The summed E-state index contributed by atoms with van der Waals surface area (Å²) in [6, 6.07) is 5.03. The molecule has 7 heteroatoms. The number of rotatable bonds is 3. The molecule has 0 saturated carbocycles. The van der Waals surface area contributed by atoms with Crippen LogP contribution in [0.5, 0.6) is 0 Å². The summed E-state index contributed by atoms with van der Waals surface area (Å²) >= 11 is 2.96. The van der Waals surface area contributed by atoms with Crippen LogP contribution in [0.1, 0.15) is 21.5 Å². The zero-order valence-corrected chi connectivity index (χ0v) is 11.6. The van der Waals surface area contributed by atoms with E-state index in [0.29, 0.717) is 5.56 Å². The van der Waals surface area contributed by atoms with E-state index in [-0.39, 0.29) is 11.0 Å². The van der Waals surface area contributed by atoms with E-state index in [9.17, 15) is 18.0 Å². The Morgan fingerprint density at radius 3 is 2.65 bits per heavy atom. The van der Waals surface area contributed by atoms with E-state index in [4.69, 9.17) is 4.42 Å². The molecule has 1 heterocycles. The van der Waals surface area contributed by atoms with Gasteiger partial charge in [-0.25, -0.2) is 0 Å². The molecule has 0 aliphatic heterocycles. The first kappa shape index (κ1) is 14.6. The van der Waals surface area contributed by atoms with Gasteiger partial charge in [0.25, 0.3) is 5.91 Å². The van der Waals surface area contributed by atoms with Gasteiger partial charge in [0, 0.05) is 16.6 Å². The number of halogens is 4. The number of alkyl halides is 3. The Bertz CT molecular complexity index is 609. The number of benzene rings is 1. The number of furan rings is 1. The van der Waals surface area contributed by atoms with Gasteiger partial charge in [-0.05, 0) is 24.3 Å². The van der Waals surface area contributed by atoms with E-state index in [1.54, 1.807) is 6.07 Å².